The third-order valence-corrected chi connectivity index (χ3v) is 3.28. The highest BCUT2D eigenvalue weighted by Gasteiger charge is 2.02. The molecular formula is C13H11BrClN. The van der Waals surface area contributed by atoms with Crippen molar-refractivity contribution in [1.82, 2.24) is 0 Å². The summed E-state index contributed by atoms with van der Waals surface area (Å²) in [5, 5.41) is 0.722. The second-order valence-electron chi connectivity index (χ2n) is 3.52. The van der Waals surface area contributed by atoms with Crippen molar-refractivity contribution in [1.29, 1.82) is 0 Å². The van der Waals surface area contributed by atoms with Gasteiger partial charge in [-0.15, -0.1) is 0 Å². The molecule has 0 fully saturated rings. The molecule has 0 unspecified atom stereocenters. The minimum Gasteiger partial charge on any atom is -0.326 e. The Morgan fingerprint density at radius 3 is 2.44 bits per heavy atom. The first kappa shape index (κ1) is 11.6. The van der Waals surface area contributed by atoms with Crippen molar-refractivity contribution in [3.63, 3.8) is 0 Å². The van der Waals surface area contributed by atoms with Crippen LogP contribution in [0.4, 0.5) is 0 Å². The first-order valence-corrected chi connectivity index (χ1v) is 6.12. The predicted molar refractivity (Wildman–Crippen MR) is 72.5 cm³/mol. The van der Waals surface area contributed by atoms with Crippen LogP contribution in [0.25, 0.3) is 11.1 Å². The number of hydrogen-bond acceptors (Lipinski definition) is 1. The van der Waals surface area contributed by atoms with E-state index in [2.05, 4.69) is 28.1 Å². The van der Waals surface area contributed by atoms with Gasteiger partial charge >= 0.3 is 0 Å². The summed E-state index contributed by atoms with van der Waals surface area (Å²) in [7, 11) is 0. The molecule has 2 aromatic carbocycles. The van der Waals surface area contributed by atoms with Crippen LogP contribution in [0.5, 0.6) is 0 Å². The largest absolute Gasteiger partial charge is 0.326 e. The van der Waals surface area contributed by atoms with E-state index in [9.17, 15) is 0 Å². The Morgan fingerprint density at radius 1 is 1.06 bits per heavy atom. The molecular weight excluding hydrogens is 286 g/mol. The second kappa shape index (κ2) is 5.00. The van der Waals surface area contributed by atoms with Gasteiger partial charge in [-0.05, 0) is 34.9 Å². The fraction of sp³-hybridized carbons (Fsp3) is 0.0769. The Balaban J connectivity index is 2.45. The van der Waals surface area contributed by atoms with Crippen molar-refractivity contribution in [2.45, 2.75) is 6.54 Å². The Bertz CT molecular complexity index is 511. The lowest BCUT2D eigenvalue weighted by molar-refractivity contribution is 1.07. The second-order valence-corrected chi connectivity index (χ2v) is 4.84. The molecule has 0 aliphatic rings. The zero-order valence-corrected chi connectivity index (χ0v) is 10.9. The van der Waals surface area contributed by atoms with Gasteiger partial charge in [0.25, 0.3) is 0 Å². The normalized spacial score (nSPS) is 10.4. The molecule has 0 aromatic heterocycles. The van der Waals surface area contributed by atoms with Crippen LogP contribution in [-0.4, -0.2) is 0 Å². The van der Waals surface area contributed by atoms with Crippen LogP contribution >= 0.6 is 27.5 Å². The van der Waals surface area contributed by atoms with Crippen LogP contribution in [0.2, 0.25) is 5.02 Å². The molecule has 0 aliphatic heterocycles. The molecule has 0 atom stereocenters. The van der Waals surface area contributed by atoms with Crippen molar-refractivity contribution in [3.05, 3.63) is 57.5 Å². The lowest BCUT2D eigenvalue weighted by Crippen LogP contribution is -1.96. The average molecular weight is 297 g/mol. The van der Waals surface area contributed by atoms with E-state index in [1.165, 1.54) is 0 Å². The van der Waals surface area contributed by atoms with Crippen LogP contribution in [-0.2, 0) is 6.54 Å². The van der Waals surface area contributed by atoms with E-state index in [1.807, 2.05) is 30.3 Å². The van der Waals surface area contributed by atoms with E-state index >= 15 is 0 Å². The molecule has 3 heteroatoms. The standard InChI is InChI=1S/C13H11BrClN/c14-12-3-1-2-9(6-12)10-4-5-11(8-16)13(15)7-10/h1-7H,8,16H2. The smallest absolute Gasteiger partial charge is 0.0457 e. The average Bonchev–Trinajstić information content (AvgIpc) is 2.29. The zero-order valence-electron chi connectivity index (χ0n) is 8.58. The Hall–Kier alpha value is -0.830. The molecule has 82 valence electrons. The third kappa shape index (κ3) is 2.46. The lowest BCUT2D eigenvalue weighted by Gasteiger charge is -2.06. The molecule has 0 aliphatic carbocycles. The Kier molecular flexibility index (Phi) is 3.64. The van der Waals surface area contributed by atoms with Crippen molar-refractivity contribution >= 4 is 27.5 Å². The Morgan fingerprint density at radius 2 is 1.81 bits per heavy atom. The van der Waals surface area contributed by atoms with Crippen molar-refractivity contribution < 1.29 is 0 Å². The van der Waals surface area contributed by atoms with Gasteiger partial charge in [0, 0.05) is 16.0 Å². The summed E-state index contributed by atoms with van der Waals surface area (Å²) >= 11 is 9.58. The minimum atomic E-state index is 0.470. The summed E-state index contributed by atoms with van der Waals surface area (Å²) in [6.45, 7) is 0.470. The van der Waals surface area contributed by atoms with Gasteiger partial charge in [0.05, 0.1) is 0 Å². The fourth-order valence-electron chi connectivity index (χ4n) is 1.56. The van der Waals surface area contributed by atoms with Gasteiger partial charge in [0.1, 0.15) is 0 Å². The van der Waals surface area contributed by atoms with Gasteiger partial charge in [0.2, 0.25) is 0 Å². The number of hydrogen-bond donors (Lipinski definition) is 1. The van der Waals surface area contributed by atoms with Gasteiger partial charge in [-0.2, -0.15) is 0 Å². The van der Waals surface area contributed by atoms with Gasteiger partial charge < -0.3 is 5.73 Å². The van der Waals surface area contributed by atoms with E-state index in [1.54, 1.807) is 0 Å². The number of rotatable bonds is 2. The molecule has 0 radical (unpaired) electrons. The summed E-state index contributed by atoms with van der Waals surface area (Å²) in [6.07, 6.45) is 0. The van der Waals surface area contributed by atoms with E-state index < -0.39 is 0 Å². The third-order valence-electron chi connectivity index (χ3n) is 2.43. The van der Waals surface area contributed by atoms with Crippen molar-refractivity contribution in [2.75, 3.05) is 0 Å². The summed E-state index contributed by atoms with van der Waals surface area (Å²) in [5.41, 5.74) is 8.78. The predicted octanol–water partition coefficient (Wildman–Crippen LogP) is 4.23. The van der Waals surface area contributed by atoms with E-state index in [-0.39, 0.29) is 0 Å². The molecule has 2 rings (SSSR count). The zero-order chi connectivity index (χ0) is 11.5. The molecule has 0 amide bonds. The van der Waals surface area contributed by atoms with Crippen LogP contribution in [0.3, 0.4) is 0 Å². The topological polar surface area (TPSA) is 26.0 Å². The van der Waals surface area contributed by atoms with E-state index in [4.69, 9.17) is 17.3 Å². The van der Waals surface area contributed by atoms with Crippen LogP contribution in [0.1, 0.15) is 5.56 Å². The van der Waals surface area contributed by atoms with Gasteiger partial charge in [-0.25, -0.2) is 0 Å². The number of halogens is 2. The highest BCUT2D eigenvalue weighted by molar-refractivity contribution is 9.10. The van der Waals surface area contributed by atoms with Crippen molar-refractivity contribution in [2.24, 2.45) is 5.73 Å². The van der Waals surface area contributed by atoms with Crippen LogP contribution in [0.15, 0.2) is 46.9 Å². The monoisotopic (exact) mass is 295 g/mol. The molecule has 0 bridgehead atoms. The Labute approximate surface area is 108 Å². The van der Waals surface area contributed by atoms with Gasteiger partial charge in [-0.3, -0.25) is 0 Å². The summed E-state index contributed by atoms with van der Waals surface area (Å²) in [4.78, 5) is 0. The molecule has 0 spiro atoms. The maximum Gasteiger partial charge on any atom is 0.0457 e. The summed E-state index contributed by atoms with van der Waals surface area (Å²) in [6, 6.07) is 14.1. The molecule has 2 aromatic rings. The van der Waals surface area contributed by atoms with E-state index in [0.29, 0.717) is 6.54 Å². The first-order valence-electron chi connectivity index (χ1n) is 4.95. The molecule has 0 saturated carbocycles. The number of benzene rings is 2. The maximum absolute atomic E-state index is 6.13. The fourth-order valence-corrected chi connectivity index (χ4v) is 2.22. The van der Waals surface area contributed by atoms with Crippen LogP contribution in [0, 0.1) is 0 Å². The van der Waals surface area contributed by atoms with Gasteiger partial charge in [0.15, 0.2) is 0 Å². The highest BCUT2D eigenvalue weighted by atomic mass is 79.9. The van der Waals surface area contributed by atoms with E-state index in [0.717, 1.165) is 26.2 Å². The minimum absolute atomic E-state index is 0.470. The summed E-state index contributed by atoms with van der Waals surface area (Å²) in [5.74, 6) is 0. The summed E-state index contributed by atoms with van der Waals surface area (Å²) < 4.78 is 1.06. The molecule has 16 heavy (non-hydrogen) atoms. The highest BCUT2D eigenvalue weighted by Crippen LogP contribution is 2.27. The SMILES string of the molecule is NCc1ccc(-c2cccc(Br)c2)cc1Cl. The number of nitrogens with two attached hydrogens (primary N) is 1. The maximum atomic E-state index is 6.13. The molecule has 0 heterocycles. The van der Waals surface area contributed by atoms with Crippen molar-refractivity contribution in [3.8, 4) is 11.1 Å². The lowest BCUT2D eigenvalue weighted by atomic mass is 10.0. The van der Waals surface area contributed by atoms with Crippen LogP contribution < -0.4 is 5.73 Å². The van der Waals surface area contributed by atoms with Gasteiger partial charge in [-0.1, -0.05) is 51.8 Å². The first-order chi connectivity index (χ1) is 7.70. The molecule has 1 nitrogen and oxygen atoms in total. The molecule has 0 saturated heterocycles. The molecule has 2 N–H and O–H groups in total. The quantitative estimate of drug-likeness (QED) is 0.882.